The van der Waals surface area contributed by atoms with Crippen LogP contribution in [0.15, 0.2) is 79.1 Å². The minimum Gasteiger partial charge on any atom is -0.465 e. The highest BCUT2D eigenvalue weighted by molar-refractivity contribution is 6.42. The molecule has 1 aliphatic rings. The summed E-state index contributed by atoms with van der Waals surface area (Å²) in [6.45, 7) is 4.39. The Balaban J connectivity index is 1.24. The lowest BCUT2D eigenvalue weighted by atomic mass is 9.94. The van der Waals surface area contributed by atoms with Crippen LogP contribution in [0.2, 0.25) is 10.0 Å². The van der Waals surface area contributed by atoms with Gasteiger partial charge in [-0.3, -0.25) is 4.79 Å². The first-order valence-electron chi connectivity index (χ1n) is 16.8. The molecular formula is C38H46Cl2N4O3. The molecule has 1 fully saturated rings. The lowest BCUT2D eigenvalue weighted by Crippen LogP contribution is -2.48. The average Bonchev–Trinajstić information content (AvgIpc) is 3.40. The van der Waals surface area contributed by atoms with Crippen molar-refractivity contribution in [3.05, 3.63) is 111 Å². The van der Waals surface area contributed by atoms with E-state index < -0.39 is 12.1 Å². The minimum absolute atomic E-state index is 0.0125. The van der Waals surface area contributed by atoms with Crippen LogP contribution in [0.1, 0.15) is 60.8 Å². The van der Waals surface area contributed by atoms with Crippen molar-refractivity contribution in [2.75, 3.05) is 26.2 Å². The number of halogens is 2. The Bertz CT molecular complexity index is 1620. The van der Waals surface area contributed by atoms with E-state index in [0.717, 1.165) is 49.8 Å². The summed E-state index contributed by atoms with van der Waals surface area (Å²) < 4.78 is 2.17. The molecule has 2 amide bonds. The van der Waals surface area contributed by atoms with Crippen LogP contribution in [0.3, 0.4) is 0 Å². The molecule has 1 unspecified atom stereocenters. The lowest BCUT2D eigenvalue weighted by molar-refractivity contribution is -0.134. The molecule has 2 heterocycles. The second-order valence-electron chi connectivity index (χ2n) is 12.6. The van der Waals surface area contributed by atoms with Crippen molar-refractivity contribution in [2.45, 2.75) is 76.8 Å². The Hall–Kier alpha value is -3.52. The molecule has 0 spiro atoms. The Morgan fingerprint density at radius 2 is 1.70 bits per heavy atom. The number of benzene rings is 2. The predicted octanol–water partition coefficient (Wildman–Crippen LogP) is 8.07. The van der Waals surface area contributed by atoms with E-state index in [9.17, 15) is 14.7 Å². The Morgan fingerprint density at radius 3 is 2.47 bits per heavy atom. The van der Waals surface area contributed by atoms with E-state index in [1.807, 2.05) is 53.4 Å². The first kappa shape index (κ1) is 34.8. The summed E-state index contributed by atoms with van der Waals surface area (Å²) in [5.74, 6) is 0.0125. The van der Waals surface area contributed by atoms with E-state index in [2.05, 4.69) is 41.2 Å². The van der Waals surface area contributed by atoms with E-state index in [1.54, 1.807) is 6.07 Å². The molecule has 0 radical (unpaired) electrons. The molecule has 250 valence electrons. The zero-order chi connectivity index (χ0) is 33.2. The van der Waals surface area contributed by atoms with Gasteiger partial charge in [-0.15, -0.1) is 0 Å². The number of carbonyl (C=O) groups is 2. The molecule has 1 atom stereocenters. The van der Waals surface area contributed by atoms with Crippen LogP contribution >= 0.6 is 23.2 Å². The van der Waals surface area contributed by atoms with Crippen molar-refractivity contribution in [3.8, 4) is 0 Å². The normalized spacial score (nSPS) is 14.3. The molecule has 0 saturated heterocycles. The van der Waals surface area contributed by atoms with Crippen molar-refractivity contribution < 1.29 is 14.7 Å². The number of aromatic nitrogens is 1. The Kier molecular flexibility index (Phi) is 12.6. The van der Waals surface area contributed by atoms with Gasteiger partial charge in [0.25, 0.3) is 0 Å². The summed E-state index contributed by atoms with van der Waals surface area (Å²) in [7, 11) is 0. The third-order valence-corrected chi connectivity index (χ3v) is 10.3. The van der Waals surface area contributed by atoms with Crippen LogP contribution in [0.5, 0.6) is 0 Å². The Labute approximate surface area is 288 Å². The summed E-state index contributed by atoms with van der Waals surface area (Å²) >= 11 is 12.9. The fourth-order valence-corrected chi connectivity index (χ4v) is 7.41. The number of rotatable bonds is 15. The van der Waals surface area contributed by atoms with Crippen molar-refractivity contribution in [3.63, 3.8) is 0 Å². The van der Waals surface area contributed by atoms with Gasteiger partial charge in [-0.1, -0.05) is 91.0 Å². The third-order valence-electron chi connectivity index (χ3n) is 9.48. The maximum absolute atomic E-state index is 13.9. The highest BCUT2D eigenvalue weighted by Gasteiger charge is 2.29. The number of carboxylic acid groups (broad SMARTS) is 1. The smallest absolute Gasteiger partial charge is 0.407 e. The van der Waals surface area contributed by atoms with Crippen molar-refractivity contribution in [1.82, 2.24) is 19.5 Å². The highest BCUT2D eigenvalue weighted by Crippen LogP contribution is 2.29. The molecule has 7 nitrogen and oxygen atoms in total. The van der Waals surface area contributed by atoms with Crippen LogP contribution in [-0.4, -0.2) is 69.6 Å². The summed E-state index contributed by atoms with van der Waals surface area (Å²) in [6.07, 6.45) is 10.5. The van der Waals surface area contributed by atoms with Crippen LogP contribution in [0, 0.1) is 6.92 Å². The first-order chi connectivity index (χ1) is 22.8. The quantitative estimate of drug-likeness (QED) is 0.125. The van der Waals surface area contributed by atoms with Gasteiger partial charge in [0, 0.05) is 56.0 Å². The summed E-state index contributed by atoms with van der Waals surface area (Å²) in [5, 5.41) is 14.9. The number of carbonyl (C=O) groups excluding carboxylic acids is 1. The molecule has 5 rings (SSSR count). The van der Waals surface area contributed by atoms with E-state index in [4.69, 9.17) is 23.2 Å². The maximum Gasteiger partial charge on any atom is 0.407 e. The number of pyridine rings is 1. The zero-order valence-corrected chi connectivity index (χ0v) is 28.7. The number of nitrogens with zero attached hydrogens (tertiary/aromatic N) is 3. The number of hydrogen-bond donors (Lipinski definition) is 2. The van der Waals surface area contributed by atoms with Crippen molar-refractivity contribution in [2.24, 2.45) is 0 Å². The van der Waals surface area contributed by atoms with Gasteiger partial charge in [-0.25, -0.2) is 4.79 Å². The monoisotopic (exact) mass is 676 g/mol. The molecule has 1 aliphatic carbocycles. The molecule has 1 saturated carbocycles. The van der Waals surface area contributed by atoms with Gasteiger partial charge in [0.1, 0.15) is 0 Å². The number of fused-ring (bicyclic) bond motifs is 1. The molecule has 0 aliphatic heterocycles. The average molecular weight is 678 g/mol. The van der Waals surface area contributed by atoms with Gasteiger partial charge in [0.2, 0.25) is 5.91 Å². The van der Waals surface area contributed by atoms with E-state index in [1.165, 1.54) is 28.0 Å². The van der Waals surface area contributed by atoms with Crippen LogP contribution in [0.25, 0.3) is 5.52 Å². The fourth-order valence-electron chi connectivity index (χ4n) is 7.01. The van der Waals surface area contributed by atoms with Gasteiger partial charge < -0.3 is 24.6 Å². The summed E-state index contributed by atoms with van der Waals surface area (Å²) in [5.41, 5.74) is 5.67. The minimum atomic E-state index is -1.05. The predicted molar refractivity (Wildman–Crippen MR) is 191 cm³/mol. The Morgan fingerprint density at radius 1 is 0.936 bits per heavy atom. The molecule has 2 aromatic heterocycles. The maximum atomic E-state index is 13.9. The third kappa shape index (κ3) is 9.31. The second-order valence-corrected chi connectivity index (χ2v) is 13.4. The first-order valence-corrected chi connectivity index (χ1v) is 17.6. The van der Waals surface area contributed by atoms with Gasteiger partial charge in [0.15, 0.2) is 0 Å². The molecule has 47 heavy (non-hydrogen) atoms. The SMILES string of the molecule is Cc1cn2ccccc2c1CCNCCN(C(=O)CCN(C(=O)O)C(Cc1ccccc1)Cc1cccc(Cl)c1Cl)C1CCCCC1. The van der Waals surface area contributed by atoms with Crippen LogP contribution in [0.4, 0.5) is 4.79 Å². The van der Waals surface area contributed by atoms with Crippen molar-refractivity contribution >= 4 is 40.7 Å². The van der Waals surface area contributed by atoms with Gasteiger partial charge in [0.05, 0.1) is 10.0 Å². The summed E-state index contributed by atoms with van der Waals surface area (Å²) in [6, 6.07) is 21.3. The largest absolute Gasteiger partial charge is 0.465 e. The number of aryl methyl sites for hydroxylation is 1. The molecule has 2 N–H and O–H groups in total. The molecule has 0 bridgehead atoms. The molecule has 2 aromatic carbocycles. The number of hydrogen-bond acceptors (Lipinski definition) is 3. The lowest BCUT2D eigenvalue weighted by Gasteiger charge is -2.36. The van der Waals surface area contributed by atoms with E-state index in [-0.39, 0.29) is 24.9 Å². The molecular weight excluding hydrogens is 631 g/mol. The van der Waals surface area contributed by atoms with Crippen LogP contribution in [-0.2, 0) is 24.1 Å². The highest BCUT2D eigenvalue weighted by atomic mass is 35.5. The van der Waals surface area contributed by atoms with Gasteiger partial charge in [-0.2, -0.15) is 0 Å². The van der Waals surface area contributed by atoms with Crippen LogP contribution < -0.4 is 5.32 Å². The summed E-state index contributed by atoms with van der Waals surface area (Å²) in [4.78, 5) is 30.1. The second kappa shape index (κ2) is 17.0. The van der Waals surface area contributed by atoms with Gasteiger partial charge >= 0.3 is 6.09 Å². The molecule has 4 aromatic rings. The van der Waals surface area contributed by atoms with E-state index in [0.29, 0.717) is 36.0 Å². The standard InChI is InChI=1S/C38H46Cl2N4O3/c1-28-27-42-22-9-8-17-35(42)33(28)18-20-41-21-24-43(31-14-6-3-7-15-31)36(45)19-23-44(38(46)47)32(25-29-11-4-2-5-12-29)26-30-13-10-16-34(39)37(30)40/h2,4-5,8-13,16-17,22,27,31-32,41H,3,6-7,14-15,18-21,23-26H2,1H3,(H,46,47). The fraction of sp³-hybridized carbons (Fsp3) is 0.421. The number of amides is 2. The van der Waals surface area contributed by atoms with E-state index >= 15 is 0 Å². The zero-order valence-electron chi connectivity index (χ0n) is 27.2. The number of nitrogens with one attached hydrogen (secondary N) is 1. The van der Waals surface area contributed by atoms with Gasteiger partial charge in [-0.05, 0) is 86.0 Å². The van der Waals surface area contributed by atoms with Crippen molar-refractivity contribution in [1.29, 1.82) is 0 Å². The topological polar surface area (TPSA) is 77.3 Å². The molecule has 9 heteroatoms.